The van der Waals surface area contributed by atoms with Gasteiger partial charge in [0, 0.05) is 33.9 Å². The zero-order chi connectivity index (χ0) is 48.8. The lowest BCUT2D eigenvalue weighted by molar-refractivity contribution is 0.602. The van der Waals surface area contributed by atoms with Gasteiger partial charge in [0.25, 0.3) is 0 Å². The molecule has 9 aromatic rings. The van der Waals surface area contributed by atoms with Crippen molar-refractivity contribution >= 4 is 76.7 Å². The monoisotopic (exact) mass is 928 g/mol. The van der Waals surface area contributed by atoms with Crippen molar-refractivity contribution in [3.8, 4) is 22.3 Å². The highest BCUT2D eigenvalue weighted by Gasteiger charge is 2.33. The number of aryl methyl sites for hydroxylation is 3. The lowest BCUT2D eigenvalue weighted by atomic mass is 9.77. The first-order chi connectivity index (χ1) is 35.4. The summed E-state index contributed by atoms with van der Waals surface area (Å²) in [5.74, 6) is 0. The van der Waals surface area contributed by atoms with E-state index in [4.69, 9.17) is 0 Å². The average Bonchev–Trinajstić information content (AvgIpc) is 3.42. The quantitative estimate of drug-likeness (QED) is 0.106. The van der Waals surface area contributed by atoms with Crippen LogP contribution in [0.15, 0.2) is 212 Å². The van der Waals surface area contributed by atoms with Crippen LogP contribution >= 0.6 is 0 Å². The van der Waals surface area contributed by atoms with Crippen LogP contribution in [0.1, 0.15) is 87.7 Å². The molecule has 9 aromatic carbocycles. The fourth-order valence-electron chi connectivity index (χ4n) is 10.1. The Bertz CT molecular complexity index is 3430. The molecule has 0 bridgehead atoms. The first kappa shape index (κ1) is 46.0. The molecule has 0 radical (unpaired) electrons. The maximum atomic E-state index is 2.42. The van der Waals surface area contributed by atoms with Crippen molar-refractivity contribution < 1.29 is 0 Å². The summed E-state index contributed by atoms with van der Waals surface area (Å²) in [4.78, 5) is 4.84. The molecule has 0 aromatic heterocycles. The predicted molar refractivity (Wildman–Crippen MR) is 312 cm³/mol. The maximum absolute atomic E-state index is 2.42. The third-order valence-electron chi connectivity index (χ3n) is 14.2. The summed E-state index contributed by atoms with van der Waals surface area (Å²) in [7, 11) is 0. The number of hydrogen-bond acceptors (Lipinski definition) is 2. The Kier molecular flexibility index (Phi) is 13.3. The summed E-state index contributed by atoms with van der Waals surface area (Å²) in [6, 6.07) is 75.6. The van der Waals surface area contributed by atoms with Crippen molar-refractivity contribution in [3.63, 3.8) is 0 Å². The van der Waals surface area contributed by atoms with Gasteiger partial charge in [0.1, 0.15) is 0 Å². The second kappa shape index (κ2) is 20.9. The lowest BCUT2D eigenvalue weighted by Gasteiger charge is -2.38. The number of benzene rings is 9. The second-order valence-electron chi connectivity index (χ2n) is 19.5. The molecular weight excluding hydrogens is 869 g/mol. The van der Waals surface area contributed by atoms with E-state index in [1.165, 1.54) is 98.9 Å². The standard InChI is InChI=1S/C70H60N2/c1-50-13-19-53(20-14-50)21-29-57-35-43-63(44-36-57)71(61-39-15-51(2)16-40-61)67-47-48-68(70-66-12-8-7-11-65(66)69(67)70)72(62-41-17-52(3)18-42-62)64-45-37-58(38-46-64)30-28-55-24-22-54(23-25-55)26-27-56-31-33-60(34-32-56)49-59-9-5-4-6-10-59/h7-8,11-49H,4-6,9-10H2,1-3H3/b27-26+,29-21+,30-28+. The van der Waals surface area contributed by atoms with Crippen LogP contribution in [0.25, 0.3) is 64.8 Å². The molecule has 1 saturated carbocycles. The summed E-state index contributed by atoms with van der Waals surface area (Å²) in [5.41, 5.74) is 25.5. The van der Waals surface area contributed by atoms with E-state index in [-0.39, 0.29) is 0 Å². The molecule has 2 aliphatic rings. The lowest BCUT2D eigenvalue weighted by Crippen LogP contribution is -2.18. The topological polar surface area (TPSA) is 6.48 Å². The summed E-state index contributed by atoms with van der Waals surface area (Å²) in [5, 5.41) is 0. The molecule has 0 saturated heterocycles. The number of allylic oxidation sites excluding steroid dienone is 1. The van der Waals surface area contributed by atoms with Crippen molar-refractivity contribution in [2.24, 2.45) is 0 Å². The molecular formula is C70H60N2. The van der Waals surface area contributed by atoms with Crippen molar-refractivity contribution in [1.29, 1.82) is 0 Å². The molecule has 11 rings (SSSR count). The molecule has 1 fully saturated rings. The Hall–Kier alpha value is -8.46. The Balaban J connectivity index is 0.875. The van der Waals surface area contributed by atoms with Gasteiger partial charge in [-0.2, -0.15) is 0 Å². The molecule has 0 unspecified atom stereocenters. The van der Waals surface area contributed by atoms with Crippen LogP contribution in [0.5, 0.6) is 0 Å². The van der Waals surface area contributed by atoms with Crippen LogP contribution in [-0.4, -0.2) is 0 Å². The van der Waals surface area contributed by atoms with Gasteiger partial charge in [-0.15, -0.1) is 0 Å². The van der Waals surface area contributed by atoms with E-state index in [0.29, 0.717) is 0 Å². The number of rotatable bonds is 13. The van der Waals surface area contributed by atoms with Crippen molar-refractivity contribution in [2.75, 3.05) is 9.80 Å². The molecule has 0 N–H and O–H groups in total. The largest absolute Gasteiger partial charge is 0.310 e. The summed E-state index contributed by atoms with van der Waals surface area (Å²) < 4.78 is 0. The molecule has 350 valence electrons. The number of anilines is 6. The SMILES string of the molecule is Cc1ccc(/C=C/c2ccc(N(c3ccc(C)cc3)c3ccc(N(c4ccc(C)cc4)c4ccc(/C=C/c5ccc(/C=C/c6ccc(C=C7CCCCC7)cc6)cc5)cc4)c4c3-c3ccccc3-4)cc2)cc1. The molecule has 0 atom stereocenters. The van der Waals surface area contributed by atoms with E-state index in [0.717, 1.165) is 45.3 Å². The maximum Gasteiger partial charge on any atom is 0.0548 e. The zero-order valence-electron chi connectivity index (χ0n) is 41.6. The number of hydrogen-bond donors (Lipinski definition) is 0. The Morgan fingerprint density at radius 1 is 0.292 bits per heavy atom. The van der Waals surface area contributed by atoms with Gasteiger partial charge in [0.15, 0.2) is 0 Å². The van der Waals surface area contributed by atoms with E-state index in [1.807, 2.05) is 0 Å². The fourth-order valence-corrected chi connectivity index (χ4v) is 10.1. The minimum Gasteiger partial charge on any atom is -0.310 e. The molecule has 0 amide bonds. The van der Waals surface area contributed by atoms with E-state index in [2.05, 4.69) is 279 Å². The molecule has 2 heteroatoms. The first-order valence-electron chi connectivity index (χ1n) is 25.6. The van der Waals surface area contributed by atoms with Crippen LogP contribution < -0.4 is 9.80 Å². The highest BCUT2D eigenvalue weighted by molar-refractivity contribution is 6.15. The number of fused-ring (bicyclic) bond motifs is 4. The van der Waals surface area contributed by atoms with Crippen LogP contribution in [0.2, 0.25) is 0 Å². The van der Waals surface area contributed by atoms with Gasteiger partial charge < -0.3 is 9.80 Å². The van der Waals surface area contributed by atoms with Crippen LogP contribution in [-0.2, 0) is 0 Å². The molecule has 2 aliphatic carbocycles. The minimum absolute atomic E-state index is 1.10. The van der Waals surface area contributed by atoms with Gasteiger partial charge in [0.2, 0.25) is 0 Å². The van der Waals surface area contributed by atoms with E-state index >= 15 is 0 Å². The smallest absolute Gasteiger partial charge is 0.0548 e. The molecule has 0 spiro atoms. The van der Waals surface area contributed by atoms with Gasteiger partial charge >= 0.3 is 0 Å². The van der Waals surface area contributed by atoms with Crippen LogP contribution in [0.4, 0.5) is 34.1 Å². The normalized spacial score (nSPS) is 13.0. The summed E-state index contributed by atoms with van der Waals surface area (Å²) >= 11 is 0. The second-order valence-corrected chi connectivity index (χ2v) is 19.5. The fraction of sp³-hybridized carbons (Fsp3) is 0.114. The Morgan fingerprint density at radius 2 is 0.569 bits per heavy atom. The predicted octanol–water partition coefficient (Wildman–Crippen LogP) is 20.1. The molecule has 2 nitrogen and oxygen atoms in total. The Labute approximate surface area is 426 Å². The minimum atomic E-state index is 1.10. The van der Waals surface area contributed by atoms with E-state index in [1.54, 1.807) is 5.57 Å². The highest BCUT2D eigenvalue weighted by Crippen LogP contribution is 2.59. The molecule has 72 heavy (non-hydrogen) atoms. The highest BCUT2D eigenvalue weighted by atomic mass is 15.2. The van der Waals surface area contributed by atoms with Crippen molar-refractivity contribution in [2.45, 2.75) is 52.9 Å². The van der Waals surface area contributed by atoms with E-state index < -0.39 is 0 Å². The molecule has 0 heterocycles. The van der Waals surface area contributed by atoms with Crippen LogP contribution in [0, 0.1) is 20.8 Å². The van der Waals surface area contributed by atoms with Crippen molar-refractivity contribution in [1.82, 2.24) is 0 Å². The van der Waals surface area contributed by atoms with Gasteiger partial charge in [-0.3, -0.25) is 0 Å². The third kappa shape index (κ3) is 10.2. The summed E-state index contributed by atoms with van der Waals surface area (Å²) in [6.07, 6.45) is 22.1. The van der Waals surface area contributed by atoms with Crippen LogP contribution in [0.3, 0.4) is 0 Å². The van der Waals surface area contributed by atoms with Gasteiger partial charge in [-0.05, 0) is 157 Å². The van der Waals surface area contributed by atoms with Gasteiger partial charge in [-0.1, -0.05) is 217 Å². The summed E-state index contributed by atoms with van der Waals surface area (Å²) in [6.45, 7) is 6.43. The van der Waals surface area contributed by atoms with Crippen molar-refractivity contribution in [3.05, 3.63) is 267 Å². The van der Waals surface area contributed by atoms with E-state index in [9.17, 15) is 0 Å². The first-order valence-corrected chi connectivity index (χ1v) is 25.6. The third-order valence-corrected chi connectivity index (χ3v) is 14.2. The zero-order valence-corrected chi connectivity index (χ0v) is 41.6. The number of nitrogens with zero attached hydrogens (tertiary/aromatic N) is 2. The van der Waals surface area contributed by atoms with Gasteiger partial charge in [-0.25, -0.2) is 0 Å². The average molecular weight is 929 g/mol. The Morgan fingerprint density at radius 3 is 0.917 bits per heavy atom. The molecule has 0 aliphatic heterocycles. The van der Waals surface area contributed by atoms with Gasteiger partial charge in [0.05, 0.1) is 11.4 Å².